The molecule has 3 rings (SSSR count). The van der Waals surface area contributed by atoms with Crippen LogP contribution in [0, 0.1) is 0 Å². The second-order valence-electron chi connectivity index (χ2n) is 5.34. The van der Waals surface area contributed by atoms with Crippen LogP contribution in [0.15, 0.2) is 48.5 Å². The Kier molecular flexibility index (Phi) is 7.07. The monoisotopic (exact) mass is 332 g/mol. The van der Waals surface area contributed by atoms with Crippen LogP contribution in [-0.4, -0.2) is 42.7 Å². The third kappa shape index (κ3) is 5.67. The van der Waals surface area contributed by atoms with E-state index in [2.05, 4.69) is 46.6 Å². The summed E-state index contributed by atoms with van der Waals surface area (Å²) in [5.74, 6) is 0. The molecule has 1 saturated heterocycles. The van der Waals surface area contributed by atoms with Crippen molar-refractivity contribution < 1.29 is 9.90 Å². The minimum atomic E-state index is -0.250. The summed E-state index contributed by atoms with van der Waals surface area (Å²) in [6, 6.07) is 16.8. The molecule has 23 heavy (non-hydrogen) atoms. The Balaban J connectivity index is 0.000000595. The van der Waals surface area contributed by atoms with Crippen molar-refractivity contribution >= 4 is 18.1 Å². The summed E-state index contributed by atoms with van der Waals surface area (Å²) in [5, 5.41) is 11.1. The van der Waals surface area contributed by atoms with Crippen LogP contribution >= 0.6 is 11.6 Å². The van der Waals surface area contributed by atoms with Crippen molar-refractivity contribution in [1.29, 1.82) is 0 Å². The summed E-state index contributed by atoms with van der Waals surface area (Å²) < 4.78 is 0. The summed E-state index contributed by atoms with van der Waals surface area (Å²) >= 11 is 5.92. The smallest absolute Gasteiger partial charge is 0.290 e. The first-order chi connectivity index (χ1) is 11.2. The zero-order valence-corrected chi connectivity index (χ0v) is 13.7. The predicted octanol–water partition coefficient (Wildman–Crippen LogP) is 3.11. The van der Waals surface area contributed by atoms with Crippen LogP contribution in [0.4, 0.5) is 0 Å². The highest BCUT2D eigenvalue weighted by Crippen LogP contribution is 2.22. The Morgan fingerprint density at radius 3 is 2.00 bits per heavy atom. The molecule has 0 bridgehead atoms. The fraction of sp³-hybridized carbons (Fsp3) is 0.278. The Morgan fingerprint density at radius 2 is 1.48 bits per heavy atom. The maximum absolute atomic E-state index is 8.36. The summed E-state index contributed by atoms with van der Waals surface area (Å²) in [6.07, 6.45) is 0. The van der Waals surface area contributed by atoms with Gasteiger partial charge in [-0.25, -0.2) is 0 Å². The summed E-state index contributed by atoms with van der Waals surface area (Å²) in [4.78, 5) is 10.9. The van der Waals surface area contributed by atoms with Gasteiger partial charge in [-0.2, -0.15) is 0 Å². The van der Waals surface area contributed by atoms with Gasteiger partial charge in [0.15, 0.2) is 0 Å². The van der Waals surface area contributed by atoms with Crippen LogP contribution < -0.4 is 5.32 Å². The van der Waals surface area contributed by atoms with E-state index in [-0.39, 0.29) is 6.47 Å². The topological polar surface area (TPSA) is 52.6 Å². The molecular weight excluding hydrogens is 312 g/mol. The Hall–Kier alpha value is -1.88. The van der Waals surface area contributed by atoms with Crippen LogP contribution in [0.25, 0.3) is 11.1 Å². The van der Waals surface area contributed by atoms with Gasteiger partial charge in [-0.3, -0.25) is 9.69 Å². The van der Waals surface area contributed by atoms with Gasteiger partial charge < -0.3 is 10.4 Å². The molecule has 2 aromatic carbocycles. The number of halogens is 1. The quantitative estimate of drug-likeness (QED) is 0.848. The lowest BCUT2D eigenvalue weighted by Crippen LogP contribution is -2.42. The molecule has 0 spiro atoms. The molecular formula is C18H21ClN2O2. The molecule has 1 fully saturated rings. The number of carbonyl (C=O) groups is 1. The van der Waals surface area contributed by atoms with E-state index in [1.165, 1.54) is 16.7 Å². The number of benzene rings is 2. The first-order valence-corrected chi connectivity index (χ1v) is 7.96. The van der Waals surface area contributed by atoms with Crippen molar-refractivity contribution in [2.45, 2.75) is 6.54 Å². The van der Waals surface area contributed by atoms with Crippen molar-refractivity contribution in [3.63, 3.8) is 0 Å². The lowest BCUT2D eigenvalue weighted by molar-refractivity contribution is -0.122. The molecule has 0 saturated carbocycles. The molecule has 0 aromatic heterocycles. The second kappa shape index (κ2) is 9.30. The zero-order valence-electron chi connectivity index (χ0n) is 12.9. The van der Waals surface area contributed by atoms with Gasteiger partial charge in [-0.05, 0) is 28.8 Å². The number of piperazine rings is 1. The Labute approximate surface area is 141 Å². The number of carboxylic acid groups (broad SMARTS) is 1. The highest BCUT2D eigenvalue weighted by molar-refractivity contribution is 6.30. The largest absolute Gasteiger partial charge is 0.483 e. The third-order valence-corrected chi connectivity index (χ3v) is 4.00. The molecule has 0 amide bonds. The van der Waals surface area contributed by atoms with Gasteiger partial charge in [0.25, 0.3) is 6.47 Å². The van der Waals surface area contributed by atoms with E-state index in [4.69, 9.17) is 21.5 Å². The number of hydrogen-bond acceptors (Lipinski definition) is 3. The SMILES string of the molecule is Clc1ccc(-c2ccc(CN3CCNCC3)cc2)cc1.O=CO. The highest BCUT2D eigenvalue weighted by atomic mass is 35.5. The van der Waals surface area contributed by atoms with Gasteiger partial charge >= 0.3 is 0 Å². The number of nitrogens with zero attached hydrogens (tertiary/aromatic N) is 1. The number of nitrogens with one attached hydrogen (secondary N) is 1. The van der Waals surface area contributed by atoms with Gasteiger partial charge in [0.05, 0.1) is 0 Å². The molecule has 2 N–H and O–H groups in total. The summed E-state index contributed by atoms with van der Waals surface area (Å²) in [5.41, 5.74) is 3.83. The van der Waals surface area contributed by atoms with Crippen LogP contribution in [0.3, 0.4) is 0 Å². The normalized spacial score (nSPS) is 14.7. The standard InChI is InChI=1S/C17H19ClN2.CH2O2/c18-17-7-5-16(6-8-17)15-3-1-14(2-4-15)13-20-11-9-19-10-12-20;2-1-3/h1-8,19H,9-13H2;1H,(H,2,3). The van der Waals surface area contributed by atoms with Crippen molar-refractivity contribution in [2.24, 2.45) is 0 Å². The molecule has 2 aromatic rings. The molecule has 1 aliphatic rings. The predicted molar refractivity (Wildman–Crippen MR) is 93.7 cm³/mol. The summed E-state index contributed by atoms with van der Waals surface area (Å²) in [6.45, 7) is 5.27. The molecule has 1 aliphatic heterocycles. The van der Waals surface area contributed by atoms with Crippen molar-refractivity contribution in [1.82, 2.24) is 10.2 Å². The third-order valence-electron chi connectivity index (χ3n) is 3.75. The van der Waals surface area contributed by atoms with Crippen molar-refractivity contribution in [3.8, 4) is 11.1 Å². The number of hydrogen-bond donors (Lipinski definition) is 2. The summed E-state index contributed by atoms with van der Waals surface area (Å²) in [7, 11) is 0. The minimum Gasteiger partial charge on any atom is -0.483 e. The molecule has 1 heterocycles. The average Bonchev–Trinajstić information content (AvgIpc) is 2.58. The van der Waals surface area contributed by atoms with Crippen LogP contribution in [0.2, 0.25) is 5.02 Å². The van der Waals surface area contributed by atoms with E-state index in [1.807, 2.05) is 12.1 Å². The van der Waals surface area contributed by atoms with Gasteiger partial charge in [-0.15, -0.1) is 0 Å². The first kappa shape index (κ1) is 17.5. The molecule has 122 valence electrons. The fourth-order valence-electron chi connectivity index (χ4n) is 2.57. The maximum Gasteiger partial charge on any atom is 0.290 e. The van der Waals surface area contributed by atoms with E-state index in [9.17, 15) is 0 Å². The number of rotatable bonds is 3. The van der Waals surface area contributed by atoms with E-state index >= 15 is 0 Å². The molecule has 0 unspecified atom stereocenters. The highest BCUT2D eigenvalue weighted by Gasteiger charge is 2.09. The average molecular weight is 333 g/mol. The van der Waals surface area contributed by atoms with Gasteiger partial charge in [0.2, 0.25) is 0 Å². The van der Waals surface area contributed by atoms with E-state index < -0.39 is 0 Å². The Bertz CT molecular complexity index is 593. The fourth-order valence-corrected chi connectivity index (χ4v) is 2.70. The van der Waals surface area contributed by atoms with Crippen molar-refractivity contribution in [2.75, 3.05) is 26.2 Å². The van der Waals surface area contributed by atoms with Gasteiger partial charge in [0, 0.05) is 37.7 Å². The molecule has 0 atom stereocenters. The van der Waals surface area contributed by atoms with Gasteiger partial charge in [-0.1, -0.05) is 48.0 Å². The Morgan fingerprint density at radius 1 is 1.00 bits per heavy atom. The lowest BCUT2D eigenvalue weighted by atomic mass is 10.0. The van der Waals surface area contributed by atoms with Crippen LogP contribution in [-0.2, 0) is 11.3 Å². The van der Waals surface area contributed by atoms with E-state index in [0.29, 0.717) is 0 Å². The van der Waals surface area contributed by atoms with Crippen LogP contribution in [0.1, 0.15) is 5.56 Å². The molecule has 0 aliphatic carbocycles. The second-order valence-corrected chi connectivity index (χ2v) is 5.77. The molecule has 0 radical (unpaired) electrons. The minimum absolute atomic E-state index is 0.250. The van der Waals surface area contributed by atoms with Crippen LogP contribution in [0.5, 0.6) is 0 Å². The lowest BCUT2D eigenvalue weighted by Gasteiger charge is -2.27. The van der Waals surface area contributed by atoms with E-state index in [0.717, 1.165) is 37.7 Å². The molecule has 4 nitrogen and oxygen atoms in total. The molecule has 5 heteroatoms. The maximum atomic E-state index is 8.36. The van der Waals surface area contributed by atoms with Crippen molar-refractivity contribution in [3.05, 3.63) is 59.1 Å². The first-order valence-electron chi connectivity index (χ1n) is 7.58. The zero-order chi connectivity index (χ0) is 16.5. The van der Waals surface area contributed by atoms with Gasteiger partial charge in [0.1, 0.15) is 0 Å². The van der Waals surface area contributed by atoms with E-state index in [1.54, 1.807) is 0 Å².